The highest BCUT2D eigenvalue weighted by Gasteiger charge is 2.53. The third-order valence-electron chi connectivity index (χ3n) is 4.34. The zero-order chi connectivity index (χ0) is 18.2. The topological polar surface area (TPSA) is 113 Å². The van der Waals surface area contributed by atoms with Gasteiger partial charge in [-0.15, -0.1) is 0 Å². The average Bonchev–Trinajstić information content (AvgIpc) is 2.75. The molecular formula is C15H16ClN3O5S. The molecular weight excluding hydrogens is 370 g/mol. The molecule has 0 saturated carbocycles. The minimum absolute atomic E-state index is 0.0202. The number of hydrogen-bond donors (Lipinski definition) is 2. The summed E-state index contributed by atoms with van der Waals surface area (Å²) in [6, 6.07) is 5.78. The van der Waals surface area contributed by atoms with Gasteiger partial charge < -0.3 is 10.6 Å². The summed E-state index contributed by atoms with van der Waals surface area (Å²) in [6.07, 6.45) is 0.0403. The first-order valence-electron chi connectivity index (χ1n) is 7.61. The van der Waals surface area contributed by atoms with E-state index in [1.807, 2.05) is 0 Å². The van der Waals surface area contributed by atoms with Crippen LogP contribution in [-0.2, 0) is 19.4 Å². The number of carbonyl (C=O) groups excluding carboxylic acids is 3. The van der Waals surface area contributed by atoms with Gasteiger partial charge in [0.1, 0.15) is 12.1 Å². The number of halogens is 1. The van der Waals surface area contributed by atoms with Crippen molar-refractivity contribution in [1.29, 1.82) is 0 Å². The summed E-state index contributed by atoms with van der Waals surface area (Å²) in [5, 5.41) is 5.56. The van der Waals surface area contributed by atoms with Gasteiger partial charge in [0.2, 0.25) is 5.91 Å². The van der Waals surface area contributed by atoms with E-state index in [0.717, 1.165) is 4.90 Å². The summed E-state index contributed by atoms with van der Waals surface area (Å²) >= 11 is 5.84. The molecule has 0 aliphatic carbocycles. The van der Waals surface area contributed by atoms with E-state index in [4.69, 9.17) is 11.6 Å². The Morgan fingerprint density at radius 1 is 1.28 bits per heavy atom. The Labute approximate surface area is 149 Å². The lowest BCUT2D eigenvalue weighted by Gasteiger charge is -2.30. The van der Waals surface area contributed by atoms with E-state index in [2.05, 4.69) is 10.6 Å². The number of sulfone groups is 1. The van der Waals surface area contributed by atoms with Crippen LogP contribution in [0.5, 0.6) is 0 Å². The fourth-order valence-electron chi connectivity index (χ4n) is 2.96. The second-order valence-corrected chi connectivity index (χ2v) is 8.85. The van der Waals surface area contributed by atoms with Gasteiger partial charge in [0, 0.05) is 10.7 Å². The van der Waals surface area contributed by atoms with Crippen molar-refractivity contribution < 1.29 is 22.8 Å². The quantitative estimate of drug-likeness (QED) is 0.746. The first-order valence-corrected chi connectivity index (χ1v) is 9.81. The second-order valence-electron chi connectivity index (χ2n) is 6.11. The number of benzene rings is 1. The smallest absolute Gasteiger partial charge is 0.324 e. The lowest BCUT2D eigenvalue weighted by molar-refractivity contribution is -0.134. The average molecular weight is 386 g/mol. The maximum Gasteiger partial charge on any atom is 0.325 e. The SMILES string of the molecule is O=C(CN1C(=O)NC2(CCS(=O)(=O)CC2)C1=O)Nc1cccc(Cl)c1. The van der Waals surface area contributed by atoms with Gasteiger partial charge >= 0.3 is 6.03 Å². The van der Waals surface area contributed by atoms with Gasteiger partial charge in [0.25, 0.3) is 5.91 Å². The van der Waals surface area contributed by atoms with Crippen molar-refractivity contribution in [2.75, 3.05) is 23.4 Å². The highest BCUT2D eigenvalue weighted by atomic mass is 35.5. The summed E-state index contributed by atoms with van der Waals surface area (Å²) in [6.45, 7) is -0.453. The van der Waals surface area contributed by atoms with Crippen molar-refractivity contribution in [2.24, 2.45) is 0 Å². The number of amides is 4. The molecule has 1 aromatic rings. The summed E-state index contributed by atoms with van der Waals surface area (Å²) < 4.78 is 23.1. The molecule has 1 spiro atoms. The molecule has 2 N–H and O–H groups in total. The zero-order valence-electron chi connectivity index (χ0n) is 13.1. The Kier molecular flexibility index (Phi) is 4.46. The number of urea groups is 1. The predicted molar refractivity (Wildman–Crippen MR) is 90.9 cm³/mol. The molecule has 1 aromatic carbocycles. The van der Waals surface area contributed by atoms with Crippen LogP contribution in [0.15, 0.2) is 24.3 Å². The zero-order valence-corrected chi connectivity index (χ0v) is 14.7. The third kappa shape index (κ3) is 3.62. The molecule has 25 heavy (non-hydrogen) atoms. The largest absolute Gasteiger partial charge is 0.325 e. The summed E-state index contributed by atoms with van der Waals surface area (Å²) in [5.74, 6) is -1.44. The van der Waals surface area contributed by atoms with Crippen molar-refractivity contribution in [1.82, 2.24) is 10.2 Å². The Hall–Kier alpha value is -2.13. The van der Waals surface area contributed by atoms with Crippen LogP contribution in [0.1, 0.15) is 12.8 Å². The van der Waals surface area contributed by atoms with Crippen LogP contribution in [0.25, 0.3) is 0 Å². The van der Waals surface area contributed by atoms with Crippen molar-refractivity contribution in [3.63, 3.8) is 0 Å². The first-order chi connectivity index (χ1) is 11.7. The standard InChI is InChI=1S/C15H16ClN3O5S/c16-10-2-1-3-11(8-10)17-12(20)9-19-13(21)15(18-14(19)22)4-6-25(23,24)7-5-15/h1-3,8H,4-7,9H2,(H,17,20)(H,18,22). The Morgan fingerprint density at radius 2 is 1.96 bits per heavy atom. The number of rotatable bonds is 3. The third-order valence-corrected chi connectivity index (χ3v) is 6.22. The number of imide groups is 1. The van der Waals surface area contributed by atoms with Gasteiger partial charge in [-0.25, -0.2) is 13.2 Å². The van der Waals surface area contributed by atoms with E-state index < -0.39 is 39.8 Å². The molecule has 134 valence electrons. The van der Waals surface area contributed by atoms with Crippen LogP contribution >= 0.6 is 11.6 Å². The Balaban J connectivity index is 1.68. The molecule has 3 rings (SSSR count). The maximum absolute atomic E-state index is 12.6. The van der Waals surface area contributed by atoms with Gasteiger partial charge in [0.05, 0.1) is 11.5 Å². The lowest BCUT2D eigenvalue weighted by Crippen LogP contribution is -2.52. The van der Waals surface area contributed by atoms with E-state index in [1.165, 1.54) is 0 Å². The lowest BCUT2D eigenvalue weighted by atomic mass is 9.92. The van der Waals surface area contributed by atoms with Crippen LogP contribution in [0, 0.1) is 0 Å². The van der Waals surface area contributed by atoms with Crippen molar-refractivity contribution in [3.05, 3.63) is 29.3 Å². The molecule has 10 heteroatoms. The molecule has 0 atom stereocenters. The highest BCUT2D eigenvalue weighted by molar-refractivity contribution is 7.91. The van der Waals surface area contributed by atoms with Crippen molar-refractivity contribution in [3.8, 4) is 0 Å². The normalized spacial score (nSPS) is 21.2. The molecule has 8 nitrogen and oxygen atoms in total. The number of nitrogens with one attached hydrogen (secondary N) is 2. The van der Waals surface area contributed by atoms with Gasteiger partial charge in [-0.3, -0.25) is 14.5 Å². The Morgan fingerprint density at radius 3 is 2.60 bits per heavy atom. The number of hydrogen-bond acceptors (Lipinski definition) is 5. The molecule has 2 aliphatic heterocycles. The van der Waals surface area contributed by atoms with E-state index >= 15 is 0 Å². The van der Waals surface area contributed by atoms with Crippen LogP contribution in [0.2, 0.25) is 5.02 Å². The molecule has 4 amide bonds. The molecule has 2 heterocycles. The highest BCUT2D eigenvalue weighted by Crippen LogP contribution is 2.30. The monoisotopic (exact) mass is 385 g/mol. The minimum Gasteiger partial charge on any atom is -0.324 e. The summed E-state index contributed by atoms with van der Waals surface area (Å²) in [4.78, 5) is 37.6. The fraction of sp³-hybridized carbons (Fsp3) is 0.400. The van der Waals surface area contributed by atoms with E-state index in [1.54, 1.807) is 24.3 Å². The van der Waals surface area contributed by atoms with Crippen molar-refractivity contribution >= 4 is 45.0 Å². The fourth-order valence-corrected chi connectivity index (χ4v) is 4.67. The van der Waals surface area contributed by atoms with Crippen LogP contribution in [0.4, 0.5) is 10.5 Å². The van der Waals surface area contributed by atoms with E-state index in [0.29, 0.717) is 10.7 Å². The van der Waals surface area contributed by atoms with Gasteiger partial charge in [0.15, 0.2) is 9.84 Å². The summed E-state index contributed by atoms with van der Waals surface area (Å²) in [7, 11) is -3.19. The summed E-state index contributed by atoms with van der Waals surface area (Å²) in [5.41, 5.74) is -0.776. The maximum atomic E-state index is 12.6. The molecule has 0 aromatic heterocycles. The van der Waals surface area contributed by atoms with E-state index in [9.17, 15) is 22.8 Å². The molecule has 0 unspecified atom stereocenters. The Bertz CT molecular complexity index is 840. The second kappa shape index (κ2) is 6.30. The van der Waals surface area contributed by atoms with E-state index in [-0.39, 0.29) is 24.3 Å². The van der Waals surface area contributed by atoms with Crippen LogP contribution in [-0.4, -0.2) is 54.8 Å². The van der Waals surface area contributed by atoms with Gasteiger partial charge in [-0.2, -0.15) is 0 Å². The minimum atomic E-state index is -3.19. The molecule has 0 bridgehead atoms. The van der Waals surface area contributed by atoms with Gasteiger partial charge in [-0.05, 0) is 31.0 Å². The molecule has 2 fully saturated rings. The van der Waals surface area contributed by atoms with Crippen LogP contribution in [0.3, 0.4) is 0 Å². The number of nitrogens with zero attached hydrogens (tertiary/aromatic N) is 1. The number of carbonyl (C=O) groups is 3. The van der Waals surface area contributed by atoms with Crippen LogP contribution < -0.4 is 10.6 Å². The van der Waals surface area contributed by atoms with Crippen molar-refractivity contribution in [2.45, 2.75) is 18.4 Å². The number of anilines is 1. The molecule has 2 aliphatic rings. The molecule has 0 radical (unpaired) electrons. The van der Waals surface area contributed by atoms with Gasteiger partial charge in [-0.1, -0.05) is 17.7 Å². The first kappa shape index (κ1) is 17.7. The predicted octanol–water partition coefficient (Wildman–Crippen LogP) is 0.778. The molecule has 2 saturated heterocycles.